The summed E-state index contributed by atoms with van der Waals surface area (Å²) in [6.07, 6.45) is 3.74. The van der Waals surface area contributed by atoms with E-state index in [0.29, 0.717) is 0 Å². The Hall–Kier alpha value is -6.52. The topological polar surface area (TPSA) is 35.6 Å². The van der Waals surface area contributed by atoms with Crippen LogP contribution in [0.15, 0.2) is 170 Å². The molecule has 0 fully saturated rings. The number of para-hydroxylation sites is 4. The summed E-state index contributed by atoms with van der Waals surface area (Å²) in [5.41, 5.74) is 11.2. The highest BCUT2D eigenvalue weighted by molar-refractivity contribution is 6.11. The fraction of sp³-hybridized carbons (Fsp3) is 0. The number of fused-ring (bicyclic) bond motifs is 7. The summed E-state index contributed by atoms with van der Waals surface area (Å²) in [6, 6.07) is 56.4. The maximum atomic E-state index is 5.38. The van der Waals surface area contributed by atoms with Crippen molar-refractivity contribution in [1.82, 2.24) is 19.1 Å². The predicted octanol–water partition coefficient (Wildman–Crippen LogP) is 11.2. The molecular weight excluding hydrogens is 585 g/mol. The molecule has 0 aliphatic rings. The molecule has 10 rings (SSSR count). The Morgan fingerprint density at radius 2 is 0.958 bits per heavy atom. The lowest BCUT2D eigenvalue weighted by molar-refractivity contribution is 1.10. The van der Waals surface area contributed by atoms with Crippen molar-refractivity contribution in [3.05, 3.63) is 170 Å². The Balaban J connectivity index is 1.28. The van der Waals surface area contributed by atoms with Gasteiger partial charge in [-0.2, -0.15) is 0 Å². The van der Waals surface area contributed by atoms with E-state index < -0.39 is 0 Å². The minimum atomic E-state index is 0.895. The first-order valence-corrected chi connectivity index (χ1v) is 16.2. The van der Waals surface area contributed by atoms with E-state index in [-0.39, 0.29) is 0 Å². The lowest BCUT2D eigenvalue weighted by atomic mass is 9.97. The van der Waals surface area contributed by atoms with Crippen LogP contribution in [0.2, 0.25) is 0 Å². The van der Waals surface area contributed by atoms with Gasteiger partial charge in [0.1, 0.15) is 5.82 Å². The Kier molecular flexibility index (Phi) is 5.84. The lowest BCUT2D eigenvalue weighted by Crippen LogP contribution is -2.00. The average Bonchev–Trinajstić information content (AvgIpc) is 3.68. The molecule has 6 aromatic carbocycles. The van der Waals surface area contributed by atoms with Crippen molar-refractivity contribution in [2.45, 2.75) is 0 Å². The molecule has 224 valence electrons. The van der Waals surface area contributed by atoms with Crippen LogP contribution in [0.4, 0.5) is 0 Å². The zero-order valence-corrected chi connectivity index (χ0v) is 26.0. The summed E-state index contributed by atoms with van der Waals surface area (Å²) in [4.78, 5) is 9.77. The molecule has 0 aliphatic heterocycles. The number of benzene rings is 6. The molecule has 0 aliphatic carbocycles. The van der Waals surface area contributed by atoms with Crippen molar-refractivity contribution in [3.8, 4) is 33.8 Å². The van der Waals surface area contributed by atoms with Gasteiger partial charge < -0.3 is 4.57 Å². The second-order valence-electron chi connectivity index (χ2n) is 12.3. The van der Waals surface area contributed by atoms with E-state index in [9.17, 15) is 0 Å². The molecule has 48 heavy (non-hydrogen) atoms. The molecule has 0 saturated carbocycles. The van der Waals surface area contributed by atoms with Gasteiger partial charge in [0.15, 0.2) is 0 Å². The Morgan fingerprint density at radius 3 is 1.56 bits per heavy atom. The zero-order chi connectivity index (χ0) is 31.6. The van der Waals surface area contributed by atoms with Crippen LogP contribution in [0.5, 0.6) is 0 Å². The second-order valence-corrected chi connectivity index (χ2v) is 12.3. The second kappa shape index (κ2) is 10.5. The van der Waals surface area contributed by atoms with Gasteiger partial charge in [-0.3, -0.25) is 9.55 Å². The zero-order valence-electron chi connectivity index (χ0n) is 26.0. The fourth-order valence-electron chi connectivity index (χ4n) is 7.46. The first-order chi connectivity index (χ1) is 23.8. The third kappa shape index (κ3) is 4.03. The number of rotatable bonds is 4. The van der Waals surface area contributed by atoms with Gasteiger partial charge in [0.2, 0.25) is 0 Å². The molecule has 0 amide bonds. The largest absolute Gasteiger partial charge is 0.309 e. The highest BCUT2D eigenvalue weighted by Gasteiger charge is 2.18. The first kappa shape index (κ1) is 26.7. The number of hydrogen-bond donors (Lipinski definition) is 0. The van der Waals surface area contributed by atoms with Gasteiger partial charge in [0.25, 0.3) is 0 Å². The first-order valence-electron chi connectivity index (χ1n) is 16.2. The van der Waals surface area contributed by atoms with Gasteiger partial charge in [0.05, 0.1) is 27.6 Å². The van der Waals surface area contributed by atoms with Crippen LogP contribution in [0.1, 0.15) is 0 Å². The van der Waals surface area contributed by atoms with E-state index >= 15 is 0 Å². The molecule has 0 radical (unpaired) electrons. The van der Waals surface area contributed by atoms with Crippen molar-refractivity contribution in [1.29, 1.82) is 0 Å². The number of pyridine rings is 2. The van der Waals surface area contributed by atoms with Crippen LogP contribution in [0.25, 0.3) is 88.3 Å². The summed E-state index contributed by atoms with van der Waals surface area (Å²) in [7, 11) is 0. The number of nitrogens with zero attached hydrogens (tertiary/aromatic N) is 4. The van der Waals surface area contributed by atoms with E-state index in [1.54, 1.807) is 0 Å². The molecule has 4 nitrogen and oxygen atoms in total. The van der Waals surface area contributed by atoms with Crippen LogP contribution in [-0.4, -0.2) is 19.1 Å². The number of hydrogen-bond acceptors (Lipinski definition) is 2. The molecule has 0 spiro atoms. The van der Waals surface area contributed by atoms with Crippen molar-refractivity contribution in [3.63, 3.8) is 0 Å². The van der Waals surface area contributed by atoms with Gasteiger partial charge in [-0.15, -0.1) is 0 Å². The highest BCUT2D eigenvalue weighted by atomic mass is 15.1. The molecule has 0 atom stereocenters. The van der Waals surface area contributed by atoms with Crippen LogP contribution >= 0.6 is 0 Å². The third-order valence-electron chi connectivity index (χ3n) is 9.59. The summed E-state index contributed by atoms with van der Waals surface area (Å²) in [5, 5.41) is 6.03. The fourth-order valence-corrected chi connectivity index (χ4v) is 7.46. The van der Waals surface area contributed by atoms with E-state index in [0.717, 1.165) is 55.7 Å². The smallest absolute Gasteiger partial charge is 0.138 e. The van der Waals surface area contributed by atoms with Crippen LogP contribution in [0, 0.1) is 0 Å². The van der Waals surface area contributed by atoms with Crippen molar-refractivity contribution in [2.24, 2.45) is 0 Å². The molecule has 0 N–H and O–H groups in total. The van der Waals surface area contributed by atoms with Crippen molar-refractivity contribution < 1.29 is 0 Å². The SMILES string of the molecule is c1cncc(-c2cccc(-c3cc(-n4c5ccccc5c5ccccc54)nc4ccc(-n5c6ccccc6c6ccccc65)cc34)c2)c1. The summed E-state index contributed by atoms with van der Waals surface area (Å²) < 4.78 is 4.68. The Labute approximate surface area is 276 Å². The predicted molar refractivity (Wildman–Crippen MR) is 199 cm³/mol. The standard InChI is InChI=1S/C44H28N4/c1-5-18-40-33(14-1)34-15-2-6-19-41(34)47(40)32-22-23-39-38(26-32)37(30-12-9-11-29(25-30)31-13-10-24-45-28-31)27-44(46-39)48-42-20-7-3-16-35(42)36-17-4-8-21-43(36)48/h1-28H. The van der Waals surface area contributed by atoms with Crippen molar-refractivity contribution >= 4 is 54.5 Å². The molecule has 0 bridgehead atoms. The lowest BCUT2D eigenvalue weighted by Gasteiger charge is -2.15. The van der Waals surface area contributed by atoms with Crippen molar-refractivity contribution in [2.75, 3.05) is 0 Å². The van der Waals surface area contributed by atoms with Gasteiger partial charge in [-0.25, -0.2) is 4.98 Å². The third-order valence-corrected chi connectivity index (χ3v) is 9.59. The van der Waals surface area contributed by atoms with E-state index in [2.05, 4.69) is 166 Å². The molecule has 0 saturated heterocycles. The van der Waals surface area contributed by atoms with Gasteiger partial charge in [-0.1, -0.05) is 97.1 Å². The molecule has 10 aromatic rings. The quantitative estimate of drug-likeness (QED) is 0.198. The van der Waals surface area contributed by atoms with Gasteiger partial charge >= 0.3 is 0 Å². The molecular formula is C44H28N4. The van der Waals surface area contributed by atoms with Crippen LogP contribution in [-0.2, 0) is 0 Å². The molecule has 4 aromatic heterocycles. The molecule has 4 heterocycles. The summed E-state index contributed by atoms with van der Waals surface area (Å²) >= 11 is 0. The van der Waals surface area contributed by atoms with Gasteiger partial charge in [-0.05, 0) is 77.4 Å². The van der Waals surface area contributed by atoms with E-state index in [1.165, 1.54) is 32.6 Å². The normalized spacial score (nSPS) is 11.8. The minimum Gasteiger partial charge on any atom is -0.309 e. The molecule has 0 unspecified atom stereocenters. The molecule has 4 heteroatoms. The average molecular weight is 613 g/mol. The summed E-state index contributed by atoms with van der Waals surface area (Å²) in [5.74, 6) is 0.895. The van der Waals surface area contributed by atoms with Crippen LogP contribution in [0.3, 0.4) is 0 Å². The van der Waals surface area contributed by atoms with E-state index in [1.807, 2.05) is 18.5 Å². The summed E-state index contributed by atoms with van der Waals surface area (Å²) in [6.45, 7) is 0. The van der Waals surface area contributed by atoms with Gasteiger partial charge in [0, 0.05) is 50.6 Å². The minimum absolute atomic E-state index is 0.895. The maximum absolute atomic E-state index is 5.38. The maximum Gasteiger partial charge on any atom is 0.138 e. The monoisotopic (exact) mass is 612 g/mol. The Morgan fingerprint density at radius 1 is 0.396 bits per heavy atom. The van der Waals surface area contributed by atoms with Crippen LogP contribution < -0.4 is 0 Å². The Bertz CT molecular complexity index is 2740. The highest BCUT2D eigenvalue weighted by Crippen LogP contribution is 2.38. The number of aromatic nitrogens is 4. The van der Waals surface area contributed by atoms with E-state index in [4.69, 9.17) is 4.98 Å².